The normalized spacial score (nSPS) is 15.1. The molecule has 0 fully saturated rings. The minimum absolute atomic E-state index is 0.0216. The van der Waals surface area contributed by atoms with Crippen LogP contribution in [-0.4, -0.2) is 21.6 Å². The summed E-state index contributed by atoms with van der Waals surface area (Å²) in [5.74, 6) is 0.501. The molecule has 0 N–H and O–H groups in total. The smallest absolute Gasteiger partial charge is 0.335 e. The van der Waals surface area contributed by atoms with E-state index in [4.69, 9.17) is 13.8 Å². The highest BCUT2D eigenvalue weighted by molar-refractivity contribution is 7.91. The molecule has 0 saturated heterocycles. The van der Waals surface area contributed by atoms with Crippen molar-refractivity contribution in [2.24, 2.45) is 0 Å². The van der Waals surface area contributed by atoms with Crippen LogP contribution < -0.4 is 4.74 Å². The van der Waals surface area contributed by atoms with E-state index < -0.39 is 17.4 Å². The summed E-state index contributed by atoms with van der Waals surface area (Å²) in [4.78, 5) is 0.117. The van der Waals surface area contributed by atoms with Gasteiger partial charge in [-0.2, -0.15) is 0 Å². The van der Waals surface area contributed by atoms with E-state index in [1.807, 2.05) is 0 Å². The van der Waals surface area contributed by atoms with E-state index in [0.29, 0.717) is 5.56 Å². The van der Waals surface area contributed by atoms with Gasteiger partial charge in [-0.25, -0.2) is 8.42 Å². The zero-order valence-corrected chi connectivity index (χ0v) is 15.7. The van der Waals surface area contributed by atoms with E-state index >= 15 is 0 Å². The zero-order chi connectivity index (χ0) is 18.1. The summed E-state index contributed by atoms with van der Waals surface area (Å²) < 4.78 is 55.3. The van der Waals surface area contributed by atoms with Crippen molar-refractivity contribution in [3.8, 4) is 11.5 Å². The maximum absolute atomic E-state index is 13.1. The number of benzene rings is 2. The van der Waals surface area contributed by atoms with Crippen molar-refractivity contribution in [3.63, 3.8) is 0 Å². The first-order chi connectivity index (χ1) is 11.9. The monoisotopic (exact) mass is 382 g/mol. The van der Waals surface area contributed by atoms with Crippen molar-refractivity contribution in [2.75, 3.05) is 13.2 Å². The van der Waals surface area contributed by atoms with Crippen molar-refractivity contribution in [1.82, 2.24) is 0 Å². The molecule has 0 unspecified atom stereocenters. The molecule has 1 aliphatic heterocycles. The summed E-state index contributed by atoms with van der Waals surface area (Å²) in [6, 6.07) is 11.3. The van der Waals surface area contributed by atoms with Crippen LogP contribution in [0.15, 0.2) is 52.3 Å². The summed E-state index contributed by atoms with van der Waals surface area (Å²) >= 11 is 0. The van der Waals surface area contributed by atoms with Crippen LogP contribution in [0.4, 0.5) is 0 Å². The average Bonchev–Trinajstić information content (AvgIpc) is 2.55. The predicted octanol–water partition coefficient (Wildman–Crippen LogP) is 4.39. The number of para-hydroxylation sites is 1. The second-order valence-corrected chi connectivity index (χ2v) is 9.31. The second kappa shape index (κ2) is 6.92. The van der Waals surface area contributed by atoms with Crippen LogP contribution in [0.25, 0.3) is 0 Å². The number of rotatable bonds is 6. The van der Waals surface area contributed by atoms with Crippen molar-refractivity contribution in [3.05, 3.63) is 48.0 Å². The predicted molar refractivity (Wildman–Crippen MR) is 93.0 cm³/mol. The molecule has 0 amide bonds. The Balaban J connectivity index is 2.11. The van der Waals surface area contributed by atoms with E-state index in [0.717, 1.165) is 0 Å². The summed E-state index contributed by atoms with van der Waals surface area (Å²) in [6.07, 6.45) is -0.136. The Labute approximate surface area is 147 Å². The Kier molecular flexibility index (Phi) is 5.02. The minimum Gasteiger partial charge on any atom is -0.455 e. The Bertz CT molecular complexity index is 928. The molecule has 3 rings (SSSR count). The van der Waals surface area contributed by atoms with Crippen molar-refractivity contribution in [1.29, 1.82) is 0 Å². The molecule has 2 aromatic carbocycles. The molecule has 1 aliphatic rings. The highest BCUT2D eigenvalue weighted by Gasteiger charge is 2.36. The van der Waals surface area contributed by atoms with Gasteiger partial charge >= 0.3 is 7.60 Å². The quantitative estimate of drug-likeness (QED) is 0.588. The Morgan fingerprint density at radius 1 is 0.960 bits per heavy atom. The Morgan fingerprint density at radius 2 is 1.60 bits per heavy atom. The first-order valence-electron chi connectivity index (χ1n) is 7.93. The lowest BCUT2D eigenvalue weighted by molar-refractivity contribution is 0.219. The minimum atomic E-state index is -3.79. The molecular weight excluding hydrogens is 363 g/mol. The van der Waals surface area contributed by atoms with Gasteiger partial charge in [-0.15, -0.1) is 0 Å². The van der Waals surface area contributed by atoms with Crippen molar-refractivity contribution >= 4 is 17.4 Å². The summed E-state index contributed by atoms with van der Waals surface area (Å²) in [5, 5.41) is 0. The molecule has 1 heterocycles. The fourth-order valence-corrected chi connectivity index (χ4v) is 6.33. The molecule has 0 aromatic heterocycles. The largest absolute Gasteiger partial charge is 0.455 e. The highest BCUT2D eigenvalue weighted by Crippen LogP contribution is 2.54. The maximum Gasteiger partial charge on any atom is 0.335 e. The van der Waals surface area contributed by atoms with Crippen LogP contribution in [0.3, 0.4) is 0 Å². The molecule has 0 atom stereocenters. The molecule has 134 valence electrons. The molecule has 0 spiro atoms. The molecule has 2 aromatic rings. The molecule has 0 saturated carbocycles. The van der Waals surface area contributed by atoms with Gasteiger partial charge in [-0.1, -0.05) is 24.3 Å². The zero-order valence-electron chi connectivity index (χ0n) is 14.0. The lowest BCUT2D eigenvalue weighted by Crippen LogP contribution is -2.14. The molecule has 0 bridgehead atoms. The van der Waals surface area contributed by atoms with Crippen molar-refractivity contribution < 1.29 is 26.8 Å². The standard InChI is InChI=1S/C17H19O6PS/c1-3-21-24(18,22-4-2)12-13-8-7-10-15-17(13)25(19,20)16-11-6-5-9-14(16)23-15/h5-11H,3-4,12H2,1-2H3. The van der Waals surface area contributed by atoms with E-state index in [1.165, 1.54) is 6.07 Å². The first kappa shape index (κ1) is 18.1. The van der Waals surface area contributed by atoms with Gasteiger partial charge in [0.15, 0.2) is 0 Å². The first-order valence-corrected chi connectivity index (χ1v) is 11.1. The number of ether oxygens (including phenoxy) is 1. The van der Waals surface area contributed by atoms with E-state index in [-0.39, 0.29) is 40.7 Å². The van der Waals surface area contributed by atoms with Crippen LogP contribution in [0.2, 0.25) is 0 Å². The Morgan fingerprint density at radius 3 is 2.28 bits per heavy atom. The lowest BCUT2D eigenvalue weighted by atomic mass is 10.2. The van der Waals surface area contributed by atoms with Crippen molar-refractivity contribution in [2.45, 2.75) is 29.8 Å². The summed E-state index contributed by atoms with van der Waals surface area (Å²) in [6.45, 7) is 3.83. The van der Waals surface area contributed by atoms with E-state index in [1.54, 1.807) is 50.2 Å². The van der Waals surface area contributed by atoms with E-state index in [9.17, 15) is 13.0 Å². The molecule has 0 aliphatic carbocycles. The van der Waals surface area contributed by atoms with Crippen LogP contribution >= 0.6 is 7.60 Å². The van der Waals surface area contributed by atoms with Gasteiger partial charge < -0.3 is 13.8 Å². The third kappa shape index (κ3) is 3.37. The molecule has 8 heteroatoms. The summed E-state index contributed by atoms with van der Waals surface area (Å²) in [7, 11) is -7.24. The summed E-state index contributed by atoms with van der Waals surface area (Å²) in [5.41, 5.74) is 0.359. The van der Waals surface area contributed by atoms with Gasteiger partial charge in [0, 0.05) is 0 Å². The maximum atomic E-state index is 13.1. The van der Waals surface area contributed by atoms with Gasteiger partial charge in [-0.3, -0.25) is 4.57 Å². The highest BCUT2D eigenvalue weighted by atomic mass is 32.2. The van der Waals surface area contributed by atoms with Gasteiger partial charge in [0.2, 0.25) is 9.84 Å². The van der Waals surface area contributed by atoms with Gasteiger partial charge in [0.25, 0.3) is 0 Å². The number of fused-ring (bicyclic) bond motifs is 2. The average molecular weight is 382 g/mol. The van der Waals surface area contributed by atoms with Crippen LogP contribution in [0.1, 0.15) is 19.4 Å². The topological polar surface area (TPSA) is 78.9 Å². The number of sulfone groups is 1. The van der Waals surface area contributed by atoms with Gasteiger partial charge in [-0.05, 0) is 37.6 Å². The number of hydrogen-bond acceptors (Lipinski definition) is 6. The van der Waals surface area contributed by atoms with Crippen LogP contribution in [-0.2, 0) is 29.6 Å². The molecule has 0 radical (unpaired) electrons. The van der Waals surface area contributed by atoms with Gasteiger partial charge in [0.1, 0.15) is 21.3 Å². The second-order valence-electron chi connectivity index (χ2n) is 5.40. The van der Waals surface area contributed by atoms with Crippen LogP contribution in [0, 0.1) is 0 Å². The number of hydrogen-bond donors (Lipinski definition) is 0. The van der Waals surface area contributed by atoms with Gasteiger partial charge in [0.05, 0.1) is 19.4 Å². The molecule has 25 heavy (non-hydrogen) atoms. The molecule has 6 nitrogen and oxygen atoms in total. The Hall–Kier alpha value is -1.66. The third-order valence-electron chi connectivity index (χ3n) is 3.70. The fourth-order valence-electron chi connectivity index (χ4n) is 2.79. The SMILES string of the molecule is CCOP(=O)(Cc1cccc2c1S(=O)(=O)c1ccccc1O2)OCC. The van der Waals surface area contributed by atoms with E-state index in [2.05, 4.69) is 0 Å². The fraction of sp³-hybridized carbons (Fsp3) is 0.294. The lowest BCUT2D eigenvalue weighted by Gasteiger charge is -2.24. The molecular formula is C17H19O6PS. The van der Waals surface area contributed by atoms with Crippen LogP contribution in [0.5, 0.6) is 11.5 Å². The third-order valence-corrected chi connectivity index (χ3v) is 7.65.